The summed E-state index contributed by atoms with van der Waals surface area (Å²) >= 11 is 0. The van der Waals surface area contributed by atoms with Gasteiger partial charge < -0.3 is 0 Å². The van der Waals surface area contributed by atoms with Crippen molar-refractivity contribution in [3.05, 3.63) is 23.3 Å². The Morgan fingerprint density at radius 2 is 1.21 bits per heavy atom. The van der Waals surface area contributed by atoms with Crippen molar-refractivity contribution in [2.24, 2.45) is 0 Å². The first-order valence-corrected chi connectivity index (χ1v) is 6.87. The van der Waals surface area contributed by atoms with Gasteiger partial charge in [-0.15, -0.1) is 0 Å². The summed E-state index contributed by atoms with van der Waals surface area (Å²) < 4.78 is 52.1. The monoisotopic (exact) mass is 218 g/mol. The van der Waals surface area contributed by atoms with Gasteiger partial charge in [0.25, 0.3) is 0 Å². The summed E-state index contributed by atoms with van der Waals surface area (Å²) in [5.41, 5.74) is -1.10. The Hall–Kier alpha value is -0.778. The van der Waals surface area contributed by atoms with Gasteiger partial charge in [0.05, 0.1) is 8.80 Å². The average molecular weight is 218 g/mol. The highest BCUT2D eigenvalue weighted by Crippen LogP contribution is 2.08. The van der Waals surface area contributed by atoms with E-state index in [1.54, 1.807) is 13.1 Å². The number of hydrogen-bond donors (Lipinski definition) is 0. The molecular weight excluding hydrogens is 211 g/mol. The molecule has 0 heterocycles. The molecule has 0 aromatic heterocycles. The molecule has 1 aromatic carbocycles. The van der Waals surface area contributed by atoms with Gasteiger partial charge in [-0.2, -0.15) is 0 Å². The van der Waals surface area contributed by atoms with E-state index in [0.29, 0.717) is 0 Å². The van der Waals surface area contributed by atoms with Crippen LogP contribution in [0.5, 0.6) is 0 Å². The van der Waals surface area contributed by atoms with Crippen LogP contribution in [0.15, 0.2) is 0 Å². The molecule has 74 valence electrons. The third-order valence-corrected chi connectivity index (χ3v) is 3.57. The van der Waals surface area contributed by atoms with Crippen LogP contribution in [-0.4, -0.2) is 16.6 Å². The molecule has 0 aliphatic rings. The summed E-state index contributed by atoms with van der Waals surface area (Å²) in [5.74, 6) is -5.72. The van der Waals surface area contributed by atoms with Gasteiger partial charge in [-0.25, -0.2) is 17.6 Å². The van der Waals surface area contributed by atoms with Crippen LogP contribution in [-0.2, 0) is 0 Å². The molecule has 0 aliphatic carbocycles. The molecule has 1 rings (SSSR count). The van der Waals surface area contributed by atoms with Crippen LogP contribution in [0.25, 0.3) is 0 Å². The van der Waals surface area contributed by atoms with Gasteiger partial charge in [0.1, 0.15) is 7.85 Å². The van der Waals surface area contributed by atoms with E-state index in [0.717, 1.165) is 0 Å². The summed E-state index contributed by atoms with van der Waals surface area (Å²) in [6.07, 6.45) is 0. The fraction of sp³-hybridized carbons (Fsp3) is 0.250. The zero-order valence-corrected chi connectivity index (χ0v) is 8.82. The lowest BCUT2D eigenvalue weighted by molar-refractivity contribution is 0.472. The second-order valence-electron chi connectivity index (χ2n) is 3.24. The number of halogens is 4. The zero-order chi connectivity index (χ0) is 11.0. The maximum atomic E-state index is 13.1. The highest BCUT2D eigenvalue weighted by Gasteiger charge is 2.24. The highest BCUT2D eigenvalue weighted by atomic mass is 28.3. The van der Waals surface area contributed by atoms with Crippen LogP contribution in [0.1, 0.15) is 0 Å². The quantitative estimate of drug-likeness (QED) is 0.370. The lowest BCUT2D eigenvalue weighted by Crippen LogP contribution is -2.37. The molecule has 0 atom stereocenters. The van der Waals surface area contributed by atoms with Gasteiger partial charge in [0.15, 0.2) is 23.3 Å². The fourth-order valence-corrected chi connectivity index (χ4v) is 2.44. The summed E-state index contributed by atoms with van der Waals surface area (Å²) in [7, 11) is 2.87. The Labute approximate surface area is 82.0 Å². The molecule has 0 aliphatic heterocycles. The van der Waals surface area contributed by atoms with E-state index in [1.165, 1.54) is 0 Å². The van der Waals surface area contributed by atoms with Crippen LogP contribution >= 0.6 is 0 Å². The third-order valence-electron chi connectivity index (χ3n) is 1.91. The van der Waals surface area contributed by atoms with E-state index in [2.05, 4.69) is 0 Å². The van der Waals surface area contributed by atoms with E-state index >= 15 is 0 Å². The zero-order valence-electron chi connectivity index (χ0n) is 7.67. The topological polar surface area (TPSA) is 0 Å². The van der Waals surface area contributed by atoms with Crippen LogP contribution in [0.3, 0.4) is 0 Å². The maximum absolute atomic E-state index is 13.1. The third kappa shape index (κ3) is 1.58. The number of rotatable bonds is 1. The average Bonchev–Trinajstić information content (AvgIpc) is 2.11. The summed E-state index contributed by atoms with van der Waals surface area (Å²) in [5, 5.41) is -0.478. The number of hydrogen-bond acceptors (Lipinski definition) is 0. The van der Waals surface area contributed by atoms with Crippen molar-refractivity contribution in [3.8, 4) is 0 Å². The summed E-state index contributed by atoms with van der Waals surface area (Å²) in [6.45, 7) is 3.13. The lowest BCUT2D eigenvalue weighted by Gasteiger charge is -2.11. The minimum absolute atomic E-state index is 0.478. The van der Waals surface area contributed by atoms with E-state index < -0.39 is 42.7 Å². The first-order chi connectivity index (χ1) is 6.37. The molecule has 0 N–H and O–H groups in total. The molecule has 1 aromatic rings. The molecular formula is C8H7BF4Si. The first-order valence-electron chi connectivity index (χ1n) is 3.99. The molecule has 0 amide bonds. The van der Waals surface area contributed by atoms with Crippen LogP contribution in [0, 0.1) is 23.3 Å². The van der Waals surface area contributed by atoms with Crippen LogP contribution < -0.4 is 10.6 Å². The summed E-state index contributed by atoms with van der Waals surface area (Å²) in [4.78, 5) is 0. The van der Waals surface area contributed by atoms with Crippen molar-refractivity contribution in [2.45, 2.75) is 13.1 Å². The number of benzene rings is 1. The van der Waals surface area contributed by atoms with Crippen molar-refractivity contribution in [1.82, 2.24) is 0 Å². The second-order valence-corrected chi connectivity index (χ2v) is 6.12. The maximum Gasteiger partial charge on any atom is 0.160 e. The van der Waals surface area contributed by atoms with Gasteiger partial charge in [0.2, 0.25) is 0 Å². The van der Waals surface area contributed by atoms with Crippen molar-refractivity contribution in [1.29, 1.82) is 0 Å². The Morgan fingerprint density at radius 1 is 0.857 bits per heavy atom. The van der Waals surface area contributed by atoms with Crippen molar-refractivity contribution < 1.29 is 17.6 Å². The minimum atomic E-state index is -1.97. The van der Waals surface area contributed by atoms with Gasteiger partial charge in [-0.3, -0.25) is 0 Å². The molecule has 0 nitrogen and oxygen atoms in total. The van der Waals surface area contributed by atoms with Crippen molar-refractivity contribution in [3.63, 3.8) is 0 Å². The second kappa shape index (κ2) is 3.76. The molecule has 0 spiro atoms. The van der Waals surface area contributed by atoms with Gasteiger partial charge in [-0.1, -0.05) is 13.1 Å². The van der Waals surface area contributed by atoms with E-state index in [-0.39, 0.29) is 0 Å². The normalized spacial score (nSPS) is 11.1. The predicted octanol–water partition coefficient (Wildman–Crippen LogP) is 0.730. The molecule has 2 radical (unpaired) electrons. The SMILES string of the molecule is [B]c1c(F)c(F)c([SiH](C)C)c(F)c1F. The largest absolute Gasteiger partial charge is 0.204 e. The fourth-order valence-electron chi connectivity index (χ4n) is 1.17. The van der Waals surface area contributed by atoms with Crippen LogP contribution in [0.2, 0.25) is 13.1 Å². The highest BCUT2D eigenvalue weighted by molar-refractivity contribution is 6.71. The van der Waals surface area contributed by atoms with E-state index in [9.17, 15) is 17.6 Å². The van der Waals surface area contributed by atoms with Gasteiger partial charge in [0, 0.05) is 5.19 Å². The molecule has 0 bridgehead atoms. The van der Waals surface area contributed by atoms with Gasteiger partial charge >= 0.3 is 0 Å². The molecule has 0 saturated heterocycles. The Balaban J connectivity index is 3.60. The predicted molar refractivity (Wildman–Crippen MR) is 50.2 cm³/mol. The van der Waals surface area contributed by atoms with Crippen molar-refractivity contribution >= 4 is 27.3 Å². The Morgan fingerprint density at radius 3 is 1.50 bits per heavy atom. The van der Waals surface area contributed by atoms with E-state index in [4.69, 9.17) is 7.85 Å². The Bertz CT molecular complexity index is 349. The van der Waals surface area contributed by atoms with Gasteiger partial charge in [-0.05, 0) is 5.46 Å². The minimum Gasteiger partial charge on any atom is -0.204 e. The van der Waals surface area contributed by atoms with Crippen LogP contribution in [0.4, 0.5) is 17.6 Å². The smallest absolute Gasteiger partial charge is 0.160 e. The standard InChI is InChI=1S/C8H7BF4Si/c1-14(2)8-6(12)4(10)3(9)5(11)7(8)13/h14H,1-2H3. The van der Waals surface area contributed by atoms with E-state index in [1.807, 2.05) is 0 Å². The molecule has 0 unspecified atom stereocenters. The van der Waals surface area contributed by atoms with Crippen molar-refractivity contribution in [2.75, 3.05) is 0 Å². The molecule has 0 fully saturated rings. The lowest BCUT2D eigenvalue weighted by atomic mass is 9.94. The molecule has 6 heteroatoms. The Kier molecular flexibility index (Phi) is 3.04. The molecule has 14 heavy (non-hydrogen) atoms. The summed E-state index contributed by atoms with van der Waals surface area (Å²) in [6, 6.07) is 0. The first kappa shape index (κ1) is 11.3. The molecule has 0 saturated carbocycles.